The predicted octanol–water partition coefficient (Wildman–Crippen LogP) is 0.944. The van der Waals surface area contributed by atoms with Gasteiger partial charge in [0.1, 0.15) is 18.0 Å². The summed E-state index contributed by atoms with van der Waals surface area (Å²) in [6.45, 7) is 3.59. The Morgan fingerprint density at radius 3 is 2.95 bits per heavy atom. The molecule has 0 spiro atoms. The van der Waals surface area contributed by atoms with Gasteiger partial charge in [0.25, 0.3) is 0 Å². The SMILES string of the molecule is CCNc1cn2ccnc2c(NCCc2nncn2C)n1. The maximum Gasteiger partial charge on any atom is 0.180 e. The van der Waals surface area contributed by atoms with Crippen LogP contribution in [0.4, 0.5) is 11.6 Å². The van der Waals surface area contributed by atoms with Crippen LogP contribution < -0.4 is 10.6 Å². The number of hydrogen-bond acceptors (Lipinski definition) is 6. The second kappa shape index (κ2) is 5.78. The molecule has 3 aromatic rings. The van der Waals surface area contributed by atoms with Crippen LogP contribution in [-0.2, 0) is 13.5 Å². The molecule has 0 fully saturated rings. The molecule has 0 aliphatic carbocycles. The van der Waals surface area contributed by atoms with Crippen molar-refractivity contribution >= 4 is 17.3 Å². The van der Waals surface area contributed by atoms with E-state index in [2.05, 4.69) is 30.8 Å². The van der Waals surface area contributed by atoms with Gasteiger partial charge in [0.05, 0.1) is 6.20 Å². The van der Waals surface area contributed by atoms with E-state index < -0.39 is 0 Å². The Labute approximate surface area is 122 Å². The van der Waals surface area contributed by atoms with Crippen molar-refractivity contribution in [2.45, 2.75) is 13.3 Å². The summed E-state index contributed by atoms with van der Waals surface area (Å²) in [5, 5.41) is 14.5. The number of nitrogens with zero attached hydrogens (tertiary/aromatic N) is 6. The minimum Gasteiger partial charge on any atom is -0.369 e. The first-order valence-electron chi connectivity index (χ1n) is 6.92. The molecule has 0 atom stereocenters. The Kier molecular flexibility index (Phi) is 3.67. The summed E-state index contributed by atoms with van der Waals surface area (Å²) < 4.78 is 3.87. The second-order valence-corrected chi connectivity index (χ2v) is 4.70. The molecule has 3 aromatic heterocycles. The molecule has 0 aliphatic rings. The van der Waals surface area contributed by atoms with E-state index in [-0.39, 0.29) is 0 Å². The number of rotatable bonds is 6. The molecule has 2 N–H and O–H groups in total. The topological polar surface area (TPSA) is 85.0 Å². The molecule has 0 aliphatic heterocycles. The molecule has 0 unspecified atom stereocenters. The lowest BCUT2D eigenvalue weighted by molar-refractivity contribution is 0.787. The number of imidazole rings is 1. The fourth-order valence-corrected chi connectivity index (χ4v) is 2.14. The van der Waals surface area contributed by atoms with Crippen molar-refractivity contribution in [2.75, 3.05) is 23.7 Å². The van der Waals surface area contributed by atoms with Crippen LogP contribution >= 0.6 is 0 Å². The summed E-state index contributed by atoms with van der Waals surface area (Å²) in [6.07, 6.45) is 8.08. The third kappa shape index (κ3) is 2.78. The van der Waals surface area contributed by atoms with Gasteiger partial charge in [0.2, 0.25) is 0 Å². The fourth-order valence-electron chi connectivity index (χ4n) is 2.14. The van der Waals surface area contributed by atoms with Gasteiger partial charge in [-0.25, -0.2) is 9.97 Å². The first-order valence-corrected chi connectivity index (χ1v) is 6.92. The maximum atomic E-state index is 4.56. The Hall–Kier alpha value is -2.64. The summed E-state index contributed by atoms with van der Waals surface area (Å²) >= 11 is 0. The van der Waals surface area contributed by atoms with Crippen LogP contribution in [0.3, 0.4) is 0 Å². The zero-order chi connectivity index (χ0) is 14.7. The second-order valence-electron chi connectivity index (χ2n) is 4.70. The van der Waals surface area contributed by atoms with Crippen molar-refractivity contribution in [1.29, 1.82) is 0 Å². The lowest BCUT2D eigenvalue weighted by Gasteiger charge is -2.10. The monoisotopic (exact) mass is 286 g/mol. The van der Waals surface area contributed by atoms with E-state index in [1.807, 2.05) is 35.3 Å². The number of fused-ring (bicyclic) bond motifs is 1. The predicted molar refractivity (Wildman–Crippen MR) is 80.3 cm³/mol. The number of hydrogen-bond donors (Lipinski definition) is 2. The van der Waals surface area contributed by atoms with Crippen molar-refractivity contribution < 1.29 is 0 Å². The lowest BCUT2D eigenvalue weighted by atomic mass is 10.4. The van der Waals surface area contributed by atoms with Gasteiger partial charge in [0.15, 0.2) is 11.5 Å². The third-order valence-electron chi connectivity index (χ3n) is 3.18. The van der Waals surface area contributed by atoms with Crippen LogP contribution in [0.1, 0.15) is 12.7 Å². The summed E-state index contributed by atoms with van der Waals surface area (Å²) in [5.74, 6) is 2.52. The maximum absolute atomic E-state index is 4.56. The average molecular weight is 286 g/mol. The van der Waals surface area contributed by atoms with Gasteiger partial charge in [0, 0.05) is 39.0 Å². The molecule has 3 rings (SSSR count). The Morgan fingerprint density at radius 2 is 2.19 bits per heavy atom. The number of anilines is 2. The van der Waals surface area contributed by atoms with E-state index in [1.165, 1.54) is 0 Å². The highest BCUT2D eigenvalue weighted by Gasteiger charge is 2.07. The Morgan fingerprint density at radius 1 is 1.29 bits per heavy atom. The van der Waals surface area contributed by atoms with Crippen molar-refractivity contribution in [3.63, 3.8) is 0 Å². The standard InChI is InChI=1S/C13H18N8/c1-3-14-10-8-21-7-6-16-13(21)12(18-10)15-5-4-11-19-17-9-20(11)2/h6-9,14H,3-5H2,1-2H3,(H,15,18). The highest BCUT2D eigenvalue weighted by molar-refractivity contribution is 5.65. The van der Waals surface area contributed by atoms with E-state index in [1.54, 1.807) is 12.5 Å². The molecular formula is C13H18N8. The zero-order valence-electron chi connectivity index (χ0n) is 12.1. The first kappa shape index (κ1) is 13.3. The molecule has 0 radical (unpaired) electrons. The molecule has 0 aromatic carbocycles. The van der Waals surface area contributed by atoms with Crippen LogP contribution in [0.5, 0.6) is 0 Å². The van der Waals surface area contributed by atoms with Gasteiger partial charge in [-0.05, 0) is 6.92 Å². The average Bonchev–Trinajstić information content (AvgIpc) is 3.08. The van der Waals surface area contributed by atoms with Gasteiger partial charge < -0.3 is 19.6 Å². The summed E-state index contributed by atoms with van der Waals surface area (Å²) in [6, 6.07) is 0. The van der Waals surface area contributed by atoms with Crippen molar-refractivity contribution in [3.05, 3.63) is 30.7 Å². The summed E-state index contributed by atoms with van der Waals surface area (Å²) in [4.78, 5) is 8.89. The van der Waals surface area contributed by atoms with Crippen LogP contribution in [0, 0.1) is 0 Å². The molecule has 21 heavy (non-hydrogen) atoms. The highest BCUT2D eigenvalue weighted by Crippen LogP contribution is 2.16. The summed E-state index contributed by atoms with van der Waals surface area (Å²) in [5.41, 5.74) is 0.814. The van der Waals surface area contributed by atoms with Crippen molar-refractivity contribution in [3.8, 4) is 0 Å². The van der Waals surface area contributed by atoms with Crippen LogP contribution in [0.25, 0.3) is 5.65 Å². The van der Waals surface area contributed by atoms with Gasteiger partial charge in [-0.2, -0.15) is 0 Å². The highest BCUT2D eigenvalue weighted by atomic mass is 15.2. The molecule has 0 saturated carbocycles. The minimum atomic E-state index is 0.720. The van der Waals surface area contributed by atoms with Gasteiger partial charge in [-0.15, -0.1) is 10.2 Å². The minimum absolute atomic E-state index is 0.720. The number of aryl methyl sites for hydroxylation is 1. The van der Waals surface area contributed by atoms with Gasteiger partial charge in [-0.1, -0.05) is 0 Å². The molecule has 110 valence electrons. The third-order valence-corrected chi connectivity index (χ3v) is 3.18. The smallest absolute Gasteiger partial charge is 0.180 e. The largest absolute Gasteiger partial charge is 0.369 e. The van der Waals surface area contributed by atoms with Crippen molar-refractivity contribution in [2.24, 2.45) is 7.05 Å². The molecule has 8 heteroatoms. The molecule has 0 bridgehead atoms. The summed E-state index contributed by atoms with van der Waals surface area (Å²) in [7, 11) is 1.94. The quantitative estimate of drug-likeness (QED) is 0.701. The van der Waals surface area contributed by atoms with E-state index in [4.69, 9.17) is 0 Å². The molecule has 8 nitrogen and oxygen atoms in total. The number of nitrogens with one attached hydrogen (secondary N) is 2. The van der Waals surface area contributed by atoms with Crippen molar-refractivity contribution in [1.82, 2.24) is 29.1 Å². The van der Waals surface area contributed by atoms with Gasteiger partial charge >= 0.3 is 0 Å². The van der Waals surface area contributed by atoms with Crippen LogP contribution in [0.2, 0.25) is 0 Å². The normalized spacial score (nSPS) is 11.0. The van der Waals surface area contributed by atoms with Crippen LogP contribution in [0.15, 0.2) is 24.9 Å². The molecule has 0 amide bonds. The van der Waals surface area contributed by atoms with E-state index in [0.717, 1.165) is 42.6 Å². The Bertz CT molecular complexity index is 729. The van der Waals surface area contributed by atoms with Gasteiger partial charge in [-0.3, -0.25) is 0 Å². The first-order chi connectivity index (χ1) is 10.3. The van der Waals surface area contributed by atoms with E-state index in [0.29, 0.717) is 0 Å². The van der Waals surface area contributed by atoms with E-state index >= 15 is 0 Å². The zero-order valence-corrected chi connectivity index (χ0v) is 12.1. The molecule has 0 saturated heterocycles. The lowest BCUT2D eigenvalue weighted by Crippen LogP contribution is -2.12. The van der Waals surface area contributed by atoms with Crippen LogP contribution in [-0.4, -0.2) is 42.2 Å². The Balaban J connectivity index is 1.76. The molecule has 3 heterocycles. The molecular weight excluding hydrogens is 268 g/mol. The number of aromatic nitrogens is 6. The fraction of sp³-hybridized carbons (Fsp3) is 0.385. The van der Waals surface area contributed by atoms with E-state index in [9.17, 15) is 0 Å².